The number of piperidine rings is 1. The summed E-state index contributed by atoms with van der Waals surface area (Å²) in [6.07, 6.45) is 4.32. The fraction of sp³-hybridized carbons (Fsp3) is 0.478. The summed E-state index contributed by atoms with van der Waals surface area (Å²) >= 11 is 0. The molecule has 3 aliphatic heterocycles. The van der Waals surface area contributed by atoms with Crippen molar-refractivity contribution in [1.82, 2.24) is 30.2 Å². The summed E-state index contributed by atoms with van der Waals surface area (Å²) < 4.78 is 22.8. The number of esters is 2. The Kier molecular flexibility index (Phi) is 24.4. The van der Waals surface area contributed by atoms with E-state index in [0.717, 1.165) is 16.7 Å². The molecule has 90 heavy (non-hydrogen) atoms. The van der Waals surface area contributed by atoms with Gasteiger partial charge in [0.05, 0.1) is 19.6 Å². The zero-order chi connectivity index (χ0) is 65.2. The number of carbonyl (C=O) groups is 10. The van der Waals surface area contributed by atoms with Crippen LogP contribution in [-0.4, -0.2) is 157 Å². The van der Waals surface area contributed by atoms with E-state index in [1.807, 2.05) is 57.2 Å². The van der Waals surface area contributed by atoms with Crippen LogP contribution in [0.1, 0.15) is 132 Å². The SMILES string of the molecule is COc1ccc(CC[C@H]2OC(=O)[C@@H]3CCCCN3C(=O)C(=O)C(C)(C)COC(=O)/C=C/CCN(C)C(=O)[C@H](CC(C)C)N(C)C(=O)[C@@H]3CCCN3C(=O)[C@H](Cc3ccc(C)cc3)NC(=O)[C@H](c3ccccc3)NC(=O)CCC(=O)Nc3cccc2c3)cc1OC. The predicted octanol–water partition coefficient (Wildman–Crippen LogP) is 7.34. The number of ketones is 1. The highest BCUT2D eigenvalue weighted by molar-refractivity contribution is 6.38. The van der Waals surface area contributed by atoms with Gasteiger partial charge < -0.3 is 54.5 Å². The number of nitrogens with one attached hydrogen (secondary N) is 3. The zero-order valence-electron chi connectivity index (χ0n) is 53.3. The lowest BCUT2D eigenvalue weighted by atomic mass is 9.87. The fourth-order valence-electron chi connectivity index (χ4n) is 11.5. The molecule has 2 fully saturated rings. The first kappa shape index (κ1) is 68.6. The Hall–Kier alpha value is -8.88. The van der Waals surface area contributed by atoms with Gasteiger partial charge in [-0.1, -0.05) is 98.3 Å². The number of likely N-dealkylation sites (N-methyl/N-ethyl adjacent to an activating group) is 2. The molecule has 482 valence electrons. The van der Waals surface area contributed by atoms with Gasteiger partial charge in [0.25, 0.3) is 5.91 Å². The second-order valence-electron chi connectivity index (χ2n) is 24.6. The Labute approximate surface area is 527 Å². The second kappa shape index (κ2) is 32.0. The van der Waals surface area contributed by atoms with Crippen molar-refractivity contribution in [1.29, 1.82) is 0 Å². The minimum absolute atomic E-state index is 0.0273. The van der Waals surface area contributed by atoms with Gasteiger partial charge in [-0.2, -0.15) is 0 Å². The van der Waals surface area contributed by atoms with Crippen molar-refractivity contribution in [2.45, 2.75) is 148 Å². The molecule has 0 aromatic heterocycles. The fourth-order valence-corrected chi connectivity index (χ4v) is 11.5. The van der Waals surface area contributed by atoms with Crippen LogP contribution in [0.15, 0.2) is 109 Å². The minimum Gasteiger partial charge on any atom is -0.493 e. The van der Waals surface area contributed by atoms with Crippen LogP contribution in [-0.2, 0) is 70.3 Å². The summed E-state index contributed by atoms with van der Waals surface area (Å²) in [7, 11) is 6.19. The first-order valence-electron chi connectivity index (χ1n) is 31.0. The van der Waals surface area contributed by atoms with Crippen LogP contribution in [0.5, 0.6) is 11.5 Å². The summed E-state index contributed by atoms with van der Waals surface area (Å²) in [5.74, 6) is -5.56. The number of fused-ring (bicyclic) bond motifs is 4. The van der Waals surface area contributed by atoms with Gasteiger partial charge in [-0.15, -0.1) is 0 Å². The number of carbonyl (C=O) groups excluding carboxylic acids is 10. The van der Waals surface area contributed by atoms with E-state index < -0.39 is 101 Å². The lowest BCUT2D eigenvalue weighted by molar-refractivity contribution is -0.165. The molecular weight excluding hydrogens is 1150 g/mol. The lowest BCUT2D eigenvalue weighted by Crippen LogP contribution is -2.58. The maximum Gasteiger partial charge on any atom is 0.330 e. The third-order valence-electron chi connectivity index (χ3n) is 16.7. The van der Waals surface area contributed by atoms with E-state index in [-0.39, 0.29) is 70.0 Å². The van der Waals surface area contributed by atoms with Crippen molar-refractivity contribution in [2.75, 3.05) is 59.9 Å². The molecule has 6 atom stereocenters. The molecule has 0 spiro atoms. The van der Waals surface area contributed by atoms with Crippen LogP contribution in [0.4, 0.5) is 5.69 Å². The smallest absolute Gasteiger partial charge is 0.330 e. The molecule has 0 saturated carbocycles. The van der Waals surface area contributed by atoms with Gasteiger partial charge in [0.2, 0.25) is 41.2 Å². The highest BCUT2D eigenvalue weighted by Gasteiger charge is 2.44. The first-order valence-corrected chi connectivity index (χ1v) is 31.0. The topological polar surface area (TPSA) is 257 Å². The summed E-state index contributed by atoms with van der Waals surface area (Å²) in [5.41, 5.74) is 2.25. The Bertz CT molecular complexity index is 3260. The molecular formula is C69H87N7O14. The van der Waals surface area contributed by atoms with Gasteiger partial charge >= 0.3 is 11.9 Å². The van der Waals surface area contributed by atoms with Crippen molar-refractivity contribution >= 4 is 64.8 Å². The number of anilines is 1. The van der Waals surface area contributed by atoms with Crippen LogP contribution >= 0.6 is 0 Å². The van der Waals surface area contributed by atoms with Crippen molar-refractivity contribution in [2.24, 2.45) is 11.3 Å². The van der Waals surface area contributed by atoms with Gasteiger partial charge in [0.15, 0.2) is 11.5 Å². The summed E-state index contributed by atoms with van der Waals surface area (Å²) in [6.45, 7) is 8.74. The number of rotatable bonds is 10. The van der Waals surface area contributed by atoms with Gasteiger partial charge in [-0.25, -0.2) is 9.59 Å². The molecule has 3 heterocycles. The first-order chi connectivity index (χ1) is 43.0. The molecule has 2 saturated heterocycles. The van der Waals surface area contributed by atoms with Crippen LogP contribution in [0, 0.1) is 18.3 Å². The average Bonchev–Trinajstić information content (AvgIpc) is 1.53. The van der Waals surface area contributed by atoms with Gasteiger partial charge in [0.1, 0.15) is 42.9 Å². The number of hydrogen-bond acceptors (Lipinski definition) is 14. The van der Waals surface area contributed by atoms with Gasteiger partial charge in [-0.05, 0) is 131 Å². The van der Waals surface area contributed by atoms with Gasteiger partial charge in [-0.3, -0.25) is 38.4 Å². The van der Waals surface area contributed by atoms with Gasteiger partial charge in [0, 0.05) is 64.8 Å². The highest BCUT2D eigenvalue weighted by Crippen LogP contribution is 2.33. The number of nitrogens with zero attached hydrogens (tertiary/aromatic N) is 4. The minimum atomic E-state index is -1.51. The number of Topliss-reactive ketones (excluding diaryl/α,β-unsaturated/α-hetero) is 1. The van der Waals surface area contributed by atoms with Crippen molar-refractivity contribution in [3.05, 3.63) is 137 Å². The molecule has 0 radical (unpaired) electrons. The number of methoxy groups -OCH3 is 2. The third kappa shape index (κ3) is 18.4. The molecule has 2 bridgehead atoms. The Balaban J connectivity index is 1.19. The zero-order valence-corrected chi connectivity index (χ0v) is 53.3. The van der Waals surface area contributed by atoms with E-state index in [9.17, 15) is 43.2 Å². The molecule has 21 heteroatoms. The Morgan fingerprint density at radius 2 is 1.36 bits per heavy atom. The number of aryl methyl sites for hydroxylation is 2. The van der Waals surface area contributed by atoms with Crippen LogP contribution in [0.25, 0.3) is 0 Å². The largest absolute Gasteiger partial charge is 0.493 e. The summed E-state index contributed by atoms with van der Waals surface area (Å²) in [6, 6.07) is 22.6. The number of cyclic esters (lactones) is 2. The third-order valence-corrected chi connectivity index (χ3v) is 16.7. The molecule has 3 aliphatic rings. The molecule has 4 aromatic rings. The predicted molar refractivity (Wildman–Crippen MR) is 336 cm³/mol. The molecule has 3 N–H and O–H groups in total. The van der Waals surface area contributed by atoms with E-state index in [1.165, 1.54) is 59.8 Å². The normalized spacial score (nSPS) is 23.2. The molecule has 7 rings (SSSR count). The van der Waals surface area contributed by atoms with E-state index in [4.69, 9.17) is 18.9 Å². The number of hydrogen-bond donors (Lipinski definition) is 3. The monoisotopic (exact) mass is 1240 g/mol. The molecule has 0 aliphatic carbocycles. The molecule has 7 amide bonds. The van der Waals surface area contributed by atoms with Crippen molar-refractivity contribution < 1.29 is 66.9 Å². The maximum atomic E-state index is 15.1. The lowest BCUT2D eigenvalue weighted by Gasteiger charge is -2.36. The average molecular weight is 1240 g/mol. The Morgan fingerprint density at radius 1 is 0.678 bits per heavy atom. The number of amides is 7. The second-order valence-corrected chi connectivity index (χ2v) is 24.6. The molecule has 21 nitrogen and oxygen atoms in total. The standard InChI is InChI=1S/C69H87N7O14/c1-44(2)39-54-65(83)73(6)36-15-14-25-60(79)89-43-69(4,5)62(80)67(85)76-37-16-13-23-53(76)68(86)90-55(32-30-47-31-33-56(87-8)57(41-47)88-9)49-21-17-22-50(42-49)70-58(77)34-35-59(78)72-61(48-19-11-10-12-20-48)63(81)71-51(40-46-28-26-45(3)27-29-46)64(82)75-38-18-24-52(75)66(84)74(54)7/h10-12,14,17,19-22,25-29,31,33,41-42,44,51-55,61H,13,15-16,18,23-24,30,32,34-40,43H2,1-9H3,(H,70,77)(H,71,81)(H,72,78)/b25-14+/t51-,52-,53-,54-,55+,61-/m0/s1. The Morgan fingerprint density at radius 3 is 2.07 bits per heavy atom. The van der Waals surface area contributed by atoms with Crippen LogP contribution in [0.3, 0.4) is 0 Å². The van der Waals surface area contributed by atoms with Crippen molar-refractivity contribution in [3.63, 3.8) is 0 Å². The quantitative estimate of drug-likeness (QED) is 0.104. The van der Waals surface area contributed by atoms with E-state index >= 15 is 4.79 Å². The highest BCUT2D eigenvalue weighted by atomic mass is 16.5. The van der Waals surface area contributed by atoms with E-state index in [2.05, 4.69) is 16.0 Å². The summed E-state index contributed by atoms with van der Waals surface area (Å²) in [5, 5.41) is 8.59. The van der Waals surface area contributed by atoms with Crippen molar-refractivity contribution in [3.8, 4) is 11.5 Å². The number of ether oxygens (including phenoxy) is 4. The number of benzene rings is 4. The maximum absolute atomic E-state index is 15.1. The van der Waals surface area contributed by atoms with Crippen LogP contribution < -0.4 is 25.4 Å². The van der Waals surface area contributed by atoms with Crippen LogP contribution in [0.2, 0.25) is 0 Å². The van der Waals surface area contributed by atoms with E-state index in [1.54, 1.807) is 74.8 Å². The van der Waals surface area contributed by atoms with E-state index in [0.29, 0.717) is 66.8 Å². The molecule has 4 aromatic carbocycles. The summed E-state index contributed by atoms with van der Waals surface area (Å²) in [4.78, 5) is 148. The molecule has 0 unspecified atom stereocenters.